The molecule has 0 bridgehead atoms. The van der Waals surface area contributed by atoms with Crippen molar-refractivity contribution in [2.24, 2.45) is 0 Å². The summed E-state index contributed by atoms with van der Waals surface area (Å²) >= 11 is 0. The van der Waals surface area contributed by atoms with Gasteiger partial charge in [0.05, 0.1) is 26.7 Å². The van der Waals surface area contributed by atoms with Crippen molar-refractivity contribution in [3.63, 3.8) is 0 Å². The molecule has 0 atom stereocenters. The van der Waals surface area contributed by atoms with Crippen LogP contribution in [0.4, 0.5) is 0 Å². The average Bonchev–Trinajstić information content (AvgIpc) is 3.21. The number of methoxy groups -OCH3 is 1. The Balaban J connectivity index is 1.40. The Kier molecular flexibility index (Phi) is 6.40. The number of benzene rings is 2. The van der Waals surface area contributed by atoms with Crippen LogP contribution in [0.2, 0.25) is 0 Å². The molecule has 0 fully saturated rings. The maximum Gasteiger partial charge on any atom is 0.223 e. The number of para-hydroxylation sites is 2. The summed E-state index contributed by atoms with van der Waals surface area (Å²) in [6, 6.07) is 15.4. The normalized spacial score (nSPS) is 10.4. The molecule has 7 nitrogen and oxygen atoms in total. The zero-order valence-corrected chi connectivity index (χ0v) is 15.2. The Morgan fingerprint density at radius 3 is 2.52 bits per heavy atom. The van der Waals surface area contributed by atoms with E-state index in [-0.39, 0.29) is 12.3 Å². The number of nitrogens with one attached hydrogen (secondary N) is 1. The zero-order chi connectivity index (χ0) is 18.9. The van der Waals surface area contributed by atoms with E-state index in [4.69, 9.17) is 9.47 Å². The van der Waals surface area contributed by atoms with Crippen molar-refractivity contribution in [3.05, 3.63) is 72.3 Å². The van der Waals surface area contributed by atoms with Crippen molar-refractivity contribution in [2.45, 2.75) is 19.5 Å². The maximum atomic E-state index is 12.0. The highest BCUT2D eigenvalue weighted by atomic mass is 16.5. The topological polar surface area (TPSA) is 78.3 Å². The first-order valence-corrected chi connectivity index (χ1v) is 8.67. The smallest absolute Gasteiger partial charge is 0.223 e. The van der Waals surface area contributed by atoms with E-state index in [0.717, 1.165) is 11.1 Å². The van der Waals surface area contributed by atoms with Crippen molar-refractivity contribution in [1.29, 1.82) is 0 Å². The quantitative estimate of drug-likeness (QED) is 0.629. The molecule has 3 rings (SSSR count). The Labute approximate surface area is 158 Å². The number of amides is 1. The van der Waals surface area contributed by atoms with Crippen LogP contribution in [0.3, 0.4) is 0 Å². The molecule has 27 heavy (non-hydrogen) atoms. The van der Waals surface area contributed by atoms with Gasteiger partial charge >= 0.3 is 0 Å². The summed E-state index contributed by atoms with van der Waals surface area (Å²) in [4.78, 5) is 15.9. The zero-order valence-electron chi connectivity index (χ0n) is 15.2. The minimum Gasteiger partial charge on any atom is -0.493 e. The number of nitrogens with zero attached hydrogens (tertiary/aromatic N) is 3. The first-order chi connectivity index (χ1) is 13.2. The van der Waals surface area contributed by atoms with Gasteiger partial charge in [-0.3, -0.25) is 4.79 Å². The predicted octanol–water partition coefficient (Wildman–Crippen LogP) is 2.42. The Hall–Kier alpha value is -3.35. The summed E-state index contributed by atoms with van der Waals surface area (Å²) in [7, 11) is 1.59. The SMILES string of the molecule is COc1ccccc1OCCC(=O)NCc1ccc(Cn2cncn2)cc1. The Morgan fingerprint density at radius 2 is 1.81 bits per heavy atom. The molecule has 0 aliphatic heterocycles. The van der Waals surface area contributed by atoms with Crippen molar-refractivity contribution in [3.8, 4) is 11.5 Å². The molecule has 0 unspecified atom stereocenters. The Morgan fingerprint density at radius 1 is 1.07 bits per heavy atom. The second-order valence-electron chi connectivity index (χ2n) is 5.94. The predicted molar refractivity (Wildman–Crippen MR) is 101 cm³/mol. The minimum absolute atomic E-state index is 0.0587. The van der Waals surface area contributed by atoms with Crippen molar-refractivity contribution < 1.29 is 14.3 Å². The number of ether oxygens (including phenoxy) is 2. The van der Waals surface area contributed by atoms with Gasteiger partial charge in [-0.05, 0) is 23.3 Å². The maximum absolute atomic E-state index is 12.0. The van der Waals surface area contributed by atoms with E-state index >= 15 is 0 Å². The highest BCUT2D eigenvalue weighted by Crippen LogP contribution is 2.25. The highest BCUT2D eigenvalue weighted by Gasteiger charge is 2.06. The lowest BCUT2D eigenvalue weighted by Crippen LogP contribution is -2.24. The molecule has 0 radical (unpaired) electrons. The molecule has 0 aliphatic rings. The van der Waals surface area contributed by atoms with Gasteiger partial charge in [0.2, 0.25) is 5.91 Å². The van der Waals surface area contributed by atoms with Gasteiger partial charge in [-0.15, -0.1) is 0 Å². The Bertz CT molecular complexity index is 848. The van der Waals surface area contributed by atoms with Gasteiger partial charge in [0.1, 0.15) is 12.7 Å². The molecule has 0 saturated heterocycles. The fourth-order valence-electron chi connectivity index (χ4n) is 2.54. The monoisotopic (exact) mass is 366 g/mol. The number of carbonyl (C=O) groups is 1. The van der Waals surface area contributed by atoms with Crippen LogP contribution in [0, 0.1) is 0 Å². The molecule has 2 aromatic carbocycles. The van der Waals surface area contributed by atoms with E-state index in [1.54, 1.807) is 18.1 Å². The van der Waals surface area contributed by atoms with Gasteiger partial charge in [0.25, 0.3) is 0 Å². The van der Waals surface area contributed by atoms with Gasteiger partial charge < -0.3 is 14.8 Å². The van der Waals surface area contributed by atoms with Gasteiger partial charge in [-0.1, -0.05) is 36.4 Å². The summed E-state index contributed by atoms with van der Waals surface area (Å²) in [6.07, 6.45) is 3.48. The lowest BCUT2D eigenvalue weighted by molar-refractivity contribution is -0.121. The molecule has 140 valence electrons. The van der Waals surface area contributed by atoms with E-state index in [2.05, 4.69) is 15.4 Å². The number of carbonyl (C=O) groups excluding carboxylic acids is 1. The molecular formula is C20H22N4O3. The van der Waals surface area contributed by atoms with Gasteiger partial charge in [-0.25, -0.2) is 9.67 Å². The van der Waals surface area contributed by atoms with E-state index in [1.807, 2.05) is 48.5 Å². The molecule has 0 aliphatic carbocycles. The molecule has 1 amide bonds. The lowest BCUT2D eigenvalue weighted by Gasteiger charge is -2.10. The summed E-state index contributed by atoms with van der Waals surface area (Å²) in [6.45, 7) is 1.45. The lowest BCUT2D eigenvalue weighted by atomic mass is 10.1. The van der Waals surface area contributed by atoms with Crippen molar-refractivity contribution in [1.82, 2.24) is 20.1 Å². The van der Waals surface area contributed by atoms with Crippen molar-refractivity contribution >= 4 is 5.91 Å². The summed E-state index contributed by atoms with van der Waals surface area (Å²) in [5, 5.41) is 6.98. The average molecular weight is 366 g/mol. The largest absolute Gasteiger partial charge is 0.493 e. The molecule has 1 aromatic heterocycles. The summed E-state index contributed by atoms with van der Waals surface area (Å²) in [5.41, 5.74) is 2.16. The third kappa shape index (κ3) is 5.57. The fraction of sp³-hybridized carbons (Fsp3) is 0.250. The number of hydrogen-bond donors (Lipinski definition) is 1. The molecular weight excluding hydrogens is 344 g/mol. The third-order valence-electron chi connectivity index (χ3n) is 3.98. The molecule has 0 saturated carbocycles. The number of hydrogen-bond acceptors (Lipinski definition) is 5. The van der Waals surface area contributed by atoms with Crippen LogP contribution in [0.1, 0.15) is 17.5 Å². The van der Waals surface area contributed by atoms with Crippen LogP contribution >= 0.6 is 0 Å². The van der Waals surface area contributed by atoms with E-state index in [1.165, 1.54) is 6.33 Å². The molecule has 7 heteroatoms. The molecule has 1 N–H and O–H groups in total. The first-order valence-electron chi connectivity index (χ1n) is 8.67. The summed E-state index contributed by atoms with van der Waals surface area (Å²) < 4.78 is 12.6. The standard InChI is InChI=1S/C20H22N4O3/c1-26-18-4-2-3-5-19(18)27-11-10-20(25)22-12-16-6-8-17(9-7-16)13-24-15-21-14-23-24/h2-9,14-15H,10-13H2,1H3,(H,22,25). The van der Waals surface area contributed by atoms with Crippen LogP contribution in [-0.2, 0) is 17.9 Å². The number of aromatic nitrogens is 3. The molecule has 1 heterocycles. The molecule has 3 aromatic rings. The highest BCUT2D eigenvalue weighted by molar-refractivity contribution is 5.76. The van der Waals surface area contributed by atoms with E-state index in [9.17, 15) is 4.79 Å². The molecule has 0 spiro atoms. The van der Waals surface area contributed by atoms with Crippen LogP contribution in [-0.4, -0.2) is 34.4 Å². The van der Waals surface area contributed by atoms with Gasteiger partial charge in [0, 0.05) is 6.54 Å². The summed E-state index contributed by atoms with van der Waals surface area (Å²) in [5.74, 6) is 1.23. The van der Waals surface area contributed by atoms with Crippen molar-refractivity contribution in [2.75, 3.05) is 13.7 Å². The van der Waals surface area contributed by atoms with Crippen LogP contribution in [0.25, 0.3) is 0 Å². The van der Waals surface area contributed by atoms with E-state index < -0.39 is 0 Å². The van der Waals surface area contributed by atoms with Crippen LogP contribution in [0.5, 0.6) is 11.5 Å². The second-order valence-corrected chi connectivity index (χ2v) is 5.94. The minimum atomic E-state index is -0.0587. The third-order valence-corrected chi connectivity index (χ3v) is 3.98. The van der Waals surface area contributed by atoms with Gasteiger partial charge in [0.15, 0.2) is 11.5 Å². The first kappa shape index (κ1) is 18.4. The van der Waals surface area contributed by atoms with Crippen LogP contribution in [0.15, 0.2) is 61.2 Å². The van der Waals surface area contributed by atoms with E-state index in [0.29, 0.717) is 31.2 Å². The fourth-order valence-corrected chi connectivity index (χ4v) is 2.54. The van der Waals surface area contributed by atoms with Gasteiger partial charge in [-0.2, -0.15) is 5.10 Å². The second kappa shape index (κ2) is 9.38. The number of rotatable bonds is 9. The van der Waals surface area contributed by atoms with Crippen LogP contribution < -0.4 is 14.8 Å².